The largest absolute Gasteiger partial charge is 0.303 e. The number of ketones is 1. The molecule has 2 nitrogen and oxygen atoms in total. The first kappa shape index (κ1) is 10.7. The van der Waals surface area contributed by atoms with Crippen molar-refractivity contribution in [2.75, 3.05) is 13.6 Å². The normalized spacial score (nSPS) is 23.5. The highest BCUT2D eigenvalue weighted by Gasteiger charge is 2.24. The summed E-state index contributed by atoms with van der Waals surface area (Å²) in [5.74, 6) is 1.21. The van der Waals surface area contributed by atoms with E-state index in [4.69, 9.17) is 0 Å². The van der Waals surface area contributed by atoms with Crippen LogP contribution in [0.3, 0.4) is 0 Å². The molecule has 1 aliphatic carbocycles. The van der Waals surface area contributed by atoms with E-state index in [1.165, 1.54) is 6.42 Å². The fourth-order valence-corrected chi connectivity index (χ4v) is 1.82. The molecular formula is C11H21NO. The molecule has 0 spiro atoms. The summed E-state index contributed by atoms with van der Waals surface area (Å²) in [5, 5.41) is 0. The van der Waals surface area contributed by atoms with Crippen molar-refractivity contribution in [3.05, 3.63) is 0 Å². The van der Waals surface area contributed by atoms with Crippen molar-refractivity contribution in [3.8, 4) is 0 Å². The van der Waals surface area contributed by atoms with Gasteiger partial charge >= 0.3 is 0 Å². The highest BCUT2D eigenvalue weighted by Crippen LogP contribution is 2.20. The zero-order chi connectivity index (χ0) is 9.84. The summed E-state index contributed by atoms with van der Waals surface area (Å²) >= 11 is 0. The second-order valence-electron chi connectivity index (χ2n) is 4.60. The van der Waals surface area contributed by atoms with E-state index in [2.05, 4.69) is 25.8 Å². The number of carbonyl (C=O) groups excluding carboxylic acids is 1. The van der Waals surface area contributed by atoms with Crippen molar-refractivity contribution in [2.45, 2.75) is 45.6 Å². The van der Waals surface area contributed by atoms with E-state index in [0.29, 0.717) is 11.8 Å². The van der Waals surface area contributed by atoms with Crippen molar-refractivity contribution in [3.63, 3.8) is 0 Å². The fraction of sp³-hybridized carbons (Fsp3) is 0.909. The van der Waals surface area contributed by atoms with Gasteiger partial charge in [-0.05, 0) is 32.4 Å². The number of nitrogens with zero attached hydrogens (tertiary/aromatic N) is 1. The van der Waals surface area contributed by atoms with Gasteiger partial charge in [-0.25, -0.2) is 0 Å². The van der Waals surface area contributed by atoms with Crippen LogP contribution in [0.2, 0.25) is 0 Å². The molecule has 13 heavy (non-hydrogen) atoms. The SMILES string of the molecule is CC(C)CCN(C)C1CCC(=O)C1. The molecule has 0 bridgehead atoms. The lowest BCUT2D eigenvalue weighted by Gasteiger charge is -2.23. The van der Waals surface area contributed by atoms with Gasteiger partial charge in [0.1, 0.15) is 5.78 Å². The van der Waals surface area contributed by atoms with Crippen LogP contribution < -0.4 is 0 Å². The van der Waals surface area contributed by atoms with Crippen LogP contribution in [0.15, 0.2) is 0 Å². The van der Waals surface area contributed by atoms with E-state index >= 15 is 0 Å². The number of rotatable bonds is 4. The van der Waals surface area contributed by atoms with E-state index < -0.39 is 0 Å². The van der Waals surface area contributed by atoms with Crippen LogP contribution in [0, 0.1) is 5.92 Å². The van der Waals surface area contributed by atoms with Crippen molar-refractivity contribution >= 4 is 5.78 Å². The molecule has 0 aromatic heterocycles. The summed E-state index contributed by atoms with van der Waals surface area (Å²) in [6.45, 7) is 5.62. The summed E-state index contributed by atoms with van der Waals surface area (Å²) in [7, 11) is 2.14. The van der Waals surface area contributed by atoms with Crippen LogP contribution in [0.1, 0.15) is 39.5 Å². The summed E-state index contributed by atoms with van der Waals surface area (Å²) in [4.78, 5) is 13.4. The van der Waals surface area contributed by atoms with Crippen molar-refractivity contribution < 1.29 is 4.79 Å². The summed E-state index contributed by atoms with van der Waals surface area (Å²) in [6.07, 6.45) is 3.90. The molecule has 0 radical (unpaired) electrons. The first-order valence-corrected chi connectivity index (χ1v) is 5.31. The van der Waals surface area contributed by atoms with E-state index in [9.17, 15) is 4.79 Å². The van der Waals surface area contributed by atoms with E-state index in [0.717, 1.165) is 31.7 Å². The Labute approximate surface area is 81.3 Å². The van der Waals surface area contributed by atoms with Gasteiger partial charge in [0.2, 0.25) is 0 Å². The van der Waals surface area contributed by atoms with Crippen molar-refractivity contribution in [1.82, 2.24) is 4.90 Å². The Hall–Kier alpha value is -0.370. The minimum absolute atomic E-state index is 0.446. The number of hydrogen-bond donors (Lipinski definition) is 0. The van der Waals surface area contributed by atoms with Crippen molar-refractivity contribution in [2.24, 2.45) is 5.92 Å². The highest BCUT2D eigenvalue weighted by molar-refractivity contribution is 5.81. The maximum absolute atomic E-state index is 11.1. The third-order valence-corrected chi connectivity index (χ3v) is 2.90. The zero-order valence-corrected chi connectivity index (χ0v) is 9.05. The molecule has 1 aliphatic rings. The minimum atomic E-state index is 0.446. The fourth-order valence-electron chi connectivity index (χ4n) is 1.82. The second-order valence-corrected chi connectivity index (χ2v) is 4.60. The van der Waals surface area contributed by atoms with Gasteiger partial charge in [-0.15, -0.1) is 0 Å². The van der Waals surface area contributed by atoms with E-state index in [1.54, 1.807) is 0 Å². The minimum Gasteiger partial charge on any atom is -0.303 e. The molecule has 0 heterocycles. The first-order chi connectivity index (χ1) is 6.09. The van der Waals surface area contributed by atoms with Crippen LogP contribution >= 0.6 is 0 Å². The molecule has 0 aliphatic heterocycles. The number of carbonyl (C=O) groups is 1. The molecule has 1 fully saturated rings. The highest BCUT2D eigenvalue weighted by atomic mass is 16.1. The Balaban J connectivity index is 2.23. The molecule has 76 valence electrons. The zero-order valence-electron chi connectivity index (χ0n) is 9.05. The van der Waals surface area contributed by atoms with E-state index in [1.807, 2.05) is 0 Å². The first-order valence-electron chi connectivity index (χ1n) is 5.31. The monoisotopic (exact) mass is 183 g/mol. The van der Waals surface area contributed by atoms with Crippen LogP contribution in [-0.4, -0.2) is 30.3 Å². The van der Waals surface area contributed by atoms with Gasteiger partial charge in [0.05, 0.1) is 0 Å². The molecule has 0 aromatic carbocycles. The van der Waals surface area contributed by atoms with Gasteiger partial charge in [-0.3, -0.25) is 4.79 Å². The molecule has 2 heteroatoms. The predicted molar refractivity (Wildman–Crippen MR) is 54.7 cm³/mol. The lowest BCUT2D eigenvalue weighted by molar-refractivity contribution is -0.117. The van der Waals surface area contributed by atoms with Gasteiger partial charge in [-0.1, -0.05) is 13.8 Å². The summed E-state index contributed by atoms with van der Waals surface area (Å²) < 4.78 is 0. The Kier molecular flexibility index (Phi) is 3.91. The Bertz CT molecular complexity index is 177. The maximum Gasteiger partial charge on any atom is 0.134 e. The number of hydrogen-bond acceptors (Lipinski definition) is 2. The van der Waals surface area contributed by atoms with Gasteiger partial charge in [0.25, 0.3) is 0 Å². The van der Waals surface area contributed by atoms with Gasteiger partial charge in [-0.2, -0.15) is 0 Å². The van der Waals surface area contributed by atoms with Crippen molar-refractivity contribution in [1.29, 1.82) is 0 Å². The molecule has 1 unspecified atom stereocenters. The molecule has 0 aromatic rings. The van der Waals surface area contributed by atoms with Crippen LogP contribution in [0.4, 0.5) is 0 Å². The van der Waals surface area contributed by atoms with E-state index in [-0.39, 0.29) is 0 Å². The topological polar surface area (TPSA) is 20.3 Å². The Morgan fingerprint density at radius 2 is 2.23 bits per heavy atom. The van der Waals surface area contributed by atoms with Crippen LogP contribution in [0.5, 0.6) is 0 Å². The average Bonchev–Trinajstić information content (AvgIpc) is 2.47. The standard InChI is InChI=1S/C11H21NO/c1-9(2)6-7-12(3)10-4-5-11(13)8-10/h9-10H,4-8H2,1-3H3. The molecule has 0 amide bonds. The molecule has 1 rings (SSSR count). The van der Waals surface area contributed by atoms with Gasteiger partial charge in [0, 0.05) is 18.9 Å². The molecule has 1 saturated carbocycles. The Morgan fingerprint density at radius 3 is 2.69 bits per heavy atom. The predicted octanol–water partition coefficient (Wildman–Crippen LogP) is 2.09. The lowest BCUT2D eigenvalue weighted by atomic mass is 10.1. The smallest absolute Gasteiger partial charge is 0.134 e. The molecule has 0 saturated heterocycles. The second kappa shape index (κ2) is 4.75. The number of Topliss-reactive ketones (excluding diaryl/α,β-unsaturated/α-hetero) is 1. The third-order valence-electron chi connectivity index (χ3n) is 2.90. The van der Waals surface area contributed by atoms with Crippen LogP contribution in [0.25, 0.3) is 0 Å². The molecule has 1 atom stereocenters. The molecule has 0 N–H and O–H groups in total. The quantitative estimate of drug-likeness (QED) is 0.665. The maximum atomic E-state index is 11.1. The summed E-state index contributed by atoms with van der Waals surface area (Å²) in [5.41, 5.74) is 0. The Morgan fingerprint density at radius 1 is 1.54 bits per heavy atom. The summed E-state index contributed by atoms with van der Waals surface area (Å²) in [6, 6.07) is 0.534. The van der Waals surface area contributed by atoms with Gasteiger partial charge < -0.3 is 4.90 Å². The average molecular weight is 183 g/mol. The van der Waals surface area contributed by atoms with Crippen LogP contribution in [-0.2, 0) is 4.79 Å². The molecular weight excluding hydrogens is 162 g/mol. The lowest BCUT2D eigenvalue weighted by Crippen LogP contribution is -2.31. The third kappa shape index (κ3) is 3.47. The van der Waals surface area contributed by atoms with Gasteiger partial charge in [0.15, 0.2) is 0 Å².